The van der Waals surface area contributed by atoms with Gasteiger partial charge < -0.3 is 15.6 Å². The Morgan fingerprint density at radius 2 is 2.19 bits per heavy atom. The minimum atomic E-state index is 0.611. The maximum atomic E-state index is 5.61. The average Bonchev–Trinajstić information content (AvgIpc) is 2.76. The Morgan fingerprint density at radius 3 is 2.94 bits per heavy atom. The van der Waals surface area contributed by atoms with Crippen LogP contribution < -0.4 is 10.6 Å². The number of nitrogens with two attached hydrogens (primary N) is 1. The largest absolute Gasteiger partial charge is 0.353 e. The fourth-order valence-electron chi connectivity index (χ4n) is 1.74. The van der Waals surface area contributed by atoms with E-state index in [0.29, 0.717) is 12.2 Å². The number of rotatable bonds is 5. The second-order valence-corrected chi connectivity index (χ2v) is 3.57. The SMILES string of the molecule is CCCN(CCN)c1ncnc2nc[nH]c12. The molecule has 6 heteroatoms. The van der Waals surface area contributed by atoms with E-state index in [-0.39, 0.29) is 0 Å². The summed E-state index contributed by atoms with van der Waals surface area (Å²) in [7, 11) is 0. The predicted molar refractivity (Wildman–Crippen MR) is 63.2 cm³/mol. The fourth-order valence-corrected chi connectivity index (χ4v) is 1.74. The molecule has 0 bridgehead atoms. The summed E-state index contributed by atoms with van der Waals surface area (Å²) in [6, 6.07) is 0. The standard InChI is InChI=1S/C10H16N6/c1-2-4-16(5-3-11)10-8-9(13-6-12-8)14-7-15-10/h6-7H,2-5,11H2,1H3,(H,12,13,14,15). The zero-order valence-electron chi connectivity index (χ0n) is 9.35. The molecular weight excluding hydrogens is 204 g/mol. The first-order valence-electron chi connectivity index (χ1n) is 5.46. The maximum absolute atomic E-state index is 5.61. The summed E-state index contributed by atoms with van der Waals surface area (Å²) in [4.78, 5) is 17.7. The van der Waals surface area contributed by atoms with Crippen LogP contribution in [0.3, 0.4) is 0 Å². The van der Waals surface area contributed by atoms with Gasteiger partial charge in [-0.3, -0.25) is 0 Å². The first-order valence-corrected chi connectivity index (χ1v) is 5.46. The van der Waals surface area contributed by atoms with E-state index >= 15 is 0 Å². The summed E-state index contributed by atoms with van der Waals surface area (Å²) in [6.07, 6.45) is 4.23. The molecule has 0 atom stereocenters. The fraction of sp³-hybridized carbons (Fsp3) is 0.500. The van der Waals surface area contributed by atoms with Gasteiger partial charge in [0.1, 0.15) is 11.8 Å². The summed E-state index contributed by atoms with van der Waals surface area (Å²) in [6.45, 7) is 4.47. The molecule has 16 heavy (non-hydrogen) atoms. The number of aromatic amines is 1. The van der Waals surface area contributed by atoms with Crippen molar-refractivity contribution in [3.8, 4) is 0 Å². The molecule has 0 fully saturated rings. The molecule has 2 heterocycles. The normalized spacial score (nSPS) is 10.9. The van der Waals surface area contributed by atoms with Crippen molar-refractivity contribution in [3.05, 3.63) is 12.7 Å². The van der Waals surface area contributed by atoms with Crippen molar-refractivity contribution < 1.29 is 0 Å². The van der Waals surface area contributed by atoms with Crippen molar-refractivity contribution in [3.63, 3.8) is 0 Å². The van der Waals surface area contributed by atoms with Crippen molar-refractivity contribution in [1.82, 2.24) is 19.9 Å². The van der Waals surface area contributed by atoms with Gasteiger partial charge >= 0.3 is 0 Å². The third kappa shape index (κ3) is 1.96. The molecule has 6 nitrogen and oxygen atoms in total. The van der Waals surface area contributed by atoms with E-state index in [1.807, 2.05) is 0 Å². The Balaban J connectivity index is 2.38. The molecule has 0 saturated heterocycles. The Labute approximate surface area is 93.9 Å². The quantitative estimate of drug-likeness (QED) is 0.767. The van der Waals surface area contributed by atoms with Gasteiger partial charge in [0, 0.05) is 19.6 Å². The number of fused-ring (bicyclic) bond motifs is 1. The third-order valence-corrected chi connectivity index (χ3v) is 2.40. The predicted octanol–water partition coefficient (Wildman–Crippen LogP) is 0.528. The molecule has 0 aliphatic heterocycles. The van der Waals surface area contributed by atoms with Crippen molar-refractivity contribution in [2.45, 2.75) is 13.3 Å². The van der Waals surface area contributed by atoms with Gasteiger partial charge in [0.25, 0.3) is 0 Å². The summed E-state index contributed by atoms with van der Waals surface area (Å²) in [5.74, 6) is 0.884. The molecule has 0 spiro atoms. The third-order valence-electron chi connectivity index (χ3n) is 2.40. The number of nitrogens with zero attached hydrogens (tertiary/aromatic N) is 4. The van der Waals surface area contributed by atoms with Crippen molar-refractivity contribution in [2.75, 3.05) is 24.5 Å². The number of hydrogen-bond donors (Lipinski definition) is 2. The molecule has 0 saturated carbocycles. The van der Waals surface area contributed by atoms with E-state index in [1.165, 1.54) is 6.33 Å². The lowest BCUT2D eigenvalue weighted by atomic mass is 10.3. The van der Waals surface area contributed by atoms with Crippen LogP contribution in [0.15, 0.2) is 12.7 Å². The first kappa shape index (κ1) is 10.8. The van der Waals surface area contributed by atoms with Crippen molar-refractivity contribution in [1.29, 1.82) is 0 Å². The molecule has 3 N–H and O–H groups in total. The zero-order chi connectivity index (χ0) is 11.4. The second-order valence-electron chi connectivity index (χ2n) is 3.57. The van der Waals surface area contributed by atoms with E-state index in [9.17, 15) is 0 Å². The van der Waals surface area contributed by atoms with Crippen LogP contribution in [0.4, 0.5) is 5.82 Å². The van der Waals surface area contributed by atoms with Crippen LogP contribution in [-0.2, 0) is 0 Å². The number of anilines is 1. The van der Waals surface area contributed by atoms with Crippen LogP contribution in [0.1, 0.15) is 13.3 Å². The van der Waals surface area contributed by atoms with Crippen LogP contribution in [0, 0.1) is 0 Å². The van der Waals surface area contributed by atoms with Crippen LogP contribution in [0.25, 0.3) is 11.2 Å². The van der Waals surface area contributed by atoms with Gasteiger partial charge in [-0.25, -0.2) is 15.0 Å². The molecule has 0 aliphatic carbocycles. The van der Waals surface area contributed by atoms with Gasteiger partial charge in [0.2, 0.25) is 0 Å². The highest BCUT2D eigenvalue weighted by Crippen LogP contribution is 2.19. The maximum Gasteiger partial charge on any atom is 0.182 e. The van der Waals surface area contributed by atoms with E-state index in [0.717, 1.165) is 30.8 Å². The van der Waals surface area contributed by atoms with E-state index in [2.05, 4.69) is 31.8 Å². The van der Waals surface area contributed by atoms with Crippen LogP contribution >= 0.6 is 0 Å². The zero-order valence-corrected chi connectivity index (χ0v) is 9.35. The van der Waals surface area contributed by atoms with E-state index in [4.69, 9.17) is 5.73 Å². The van der Waals surface area contributed by atoms with Gasteiger partial charge in [-0.2, -0.15) is 0 Å². The number of hydrogen-bond acceptors (Lipinski definition) is 5. The molecule has 0 amide bonds. The number of aromatic nitrogens is 4. The van der Waals surface area contributed by atoms with Gasteiger partial charge in [-0.1, -0.05) is 6.92 Å². The monoisotopic (exact) mass is 220 g/mol. The first-order chi connectivity index (χ1) is 7.86. The van der Waals surface area contributed by atoms with Crippen LogP contribution in [0.2, 0.25) is 0 Å². The summed E-state index contributed by atoms with van der Waals surface area (Å²) >= 11 is 0. The minimum Gasteiger partial charge on any atom is -0.353 e. The molecule has 0 aliphatic rings. The van der Waals surface area contributed by atoms with E-state index in [1.54, 1.807) is 6.33 Å². The number of nitrogens with one attached hydrogen (secondary N) is 1. The Hall–Kier alpha value is -1.69. The molecular formula is C10H16N6. The smallest absolute Gasteiger partial charge is 0.182 e. The topological polar surface area (TPSA) is 83.7 Å². The van der Waals surface area contributed by atoms with Crippen LogP contribution in [0.5, 0.6) is 0 Å². The lowest BCUT2D eigenvalue weighted by Gasteiger charge is -2.22. The van der Waals surface area contributed by atoms with Crippen molar-refractivity contribution in [2.24, 2.45) is 5.73 Å². The number of H-pyrrole nitrogens is 1. The van der Waals surface area contributed by atoms with Crippen molar-refractivity contribution >= 4 is 17.0 Å². The van der Waals surface area contributed by atoms with Gasteiger partial charge in [-0.05, 0) is 6.42 Å². The van der Waals surface area contributed by atoms with Gasteiger partial charge in [0.05, 0.1) is 6.33 Å². The highest BCUT2D eigenvalue weighted by molar-refractivity contribution is 5.82. The lowest BCUT2D eigenvalue weighted by Crippen LogP contribution is -2.31. The summed E-state index contributed by atoms with van der Waals surface area (Å²) in [5, 5.41) is 0. The Morgan fingerprint density at radius 1 is 1.31 bits per heavy atom. The number of imidazole rings is 1. The molecule has 0 unspecified atom stereocenters. The summed E-state index contributed by atoms with van der Waals surface area (Å²) < 4.78 is 0. The van der Waals surface area contributed by atoms with E-state index < -0.39 is 0 Å². The molecule has 86 valence electrons. The lowest BCUT2D eigenvalue weighted by molar-refractivity contribution is 0.752. The molecule has 0 radical (unpaired) electrons. The highest BCUT2D eigenvalue weighted by atomic mass is 15.2. The molecule has 2 rings (SSSR count). The Bertz CT molecular complexity index is 445. The van der Waals surface area contributed by atoms with Gasteiger partial charge in [0.15, 0.2) is 11.5 Å². The minimum absolute atomic E-state index is 0.611. The second kappa shape index (κ2) is 4.89. The Kier molecular flexibility index (Phi) is 3.31. The van der Waals surface area contributed by atoms with Gasteiger partial charge in [-0.15, -0.1) is 0 Å². The highest BCUT2D eigenvalue weighted by Gasteiger charge is 2.12. The molecule has 2 aromatic rings. The molecule has 0 aromatic carbocycles. The summed E-state index contributed by atoms with van der Waals surface area (Å²) in [5.41, 5.74) is 7.18. The van der Waals surface area contributed by atoms with Crippen LogP contribution in [-0.4, -0.2) is 39.6 Å². The molecule has 2 aromatic heterocycles. The average molecular weight is 220 g/mol.